The van der Waals surface area contributed by atoms with Crippen molar-refractivity contribution in [2.45, 2.75) is 19.4 Å². The average Bonchev–Trinajstić information content (AvgIpc) is 2.27. The van der Waals surface area contributed by atoms with Gasteiger partial charge in [0.25, 0.3) is 0 Å². The number of carbonyl (C=O) groups is 1. The van der Waals surface area contributed by atoms with Gasteiger partial charge in [-0.3, -0.25) is 4.79 Å². The Balaban J connectivity index is 2.62. The molecular formula is C11H15NO4S. The molecule has 1 atom stereocenters. The molecule has 0 amide bonds. The number of benzene rings is 1. The summed E-state index contributed by atoms with van der Waals surface area (Å²) in [7, 11) is -3.55. The van der Waals surface area contributed by atoms with Gasteiger partial charge in [-0.25, -0.2) is 13.1 Å². The van der Waals surface area contributed by atoms with Crippen LogP contribution in [0.5, 0.6) is 0 Å². The van der Waals surface area contributed by atoms with Gasteiger partial charge >= 0.3 is 5.97 Å². The first-order chi connectivity index (χ1) is 7.91. The van der Waals surface area contributed by atoms with Gasteiger partial charge < -0.3 is 5.11 Å². The number of aliphatic carboxylic acids is 1. The summed E-state index contributed by atoms with van der Waals surface area (Å²) in [4.78, 5) is 10.3. The third kappa shape index (κ3) is 4.97. The summed E-state index contributed by atoms with van der Waals surface area (Å²) in [6.45, 7) is 1.72. The zero-order valence-corrected chi connectivity index (χ0v) is 10.3. The average molecular weight is 257 g/mol. The first kappa shape index (κ1) is 13.7. The number of hydrogen-bond donors (Lipinski definition) is 2. The Morgan fingerprint density at radius 2 is 1.94 bits per heavy atom. The largest absolute Gasteiger partial charge is 0.481 e. The minimum absolute atomic E-state index is 0.366. The van der Waals surface area contributed by atoms with E-state index >= 15 is 0 Å². The van der Waals surface area contributed by atoms with E-state index in [0.717, 1.165) is 5.56 Å². The van der Waals surface area contributed by atoms with Crippen LogP contribution in [0.1, 0.15) is 24.9 Å². The van der Waals surface area contributed by atoms with E-state index in [1.54, 1.807) is 6.92 Å². The van der Waals surface area contributed by atoms with Crippen LogP contribution in [0.2, 0.25) is 0 Å². The molecule has 6 heteroatoms. The maximum absolute atomic E-state index is 11.5. The second-order valence-corrected chi connectivity index (χ2v) is 5.59. The summed E-state index contributed by atoms with van der Waals surface area (Å²) in [6.07, 6.45) is -0.392. The highest BCUT2D eigenvalue weighted by Crippen LogP contribution is 2.12. The van der Waals surface area contributed by atoms with Crippen molar-refractivity contribution in [1.29, 1.82) is 0 Å². The highest BCUT2D eigenvalue weighted by molar-refractivity contribution is 7.89. The Hall–Kier alpha value is -1.40. The number of carboxylic acid groups (broad SMARTS) is 1. The fourth-order valence-corrected chi connectivity index (χ4v) is 2.60. The molecule has 0 aliphatic rings. The summed E-state index contributed by atoms with van der Waals surface area (Å²) >= 11 is 0. The monoisotopic (exact) mass is 257 g/mol. The molecule has 0 heterocycles. The molecule has 17 heavy (non-hydrogen) atoms. The van der Waals surface area contributed by atoms with Crippen molar-refractivity contribution in [3.63, 3.8) is 0 Å². The SMILES string of the molecule is CC(NS(=O)(=O)CCC(=O)O)c1ccccc1. The van der Waals surface area contributed by atoms with Gasteiger partial charge in [0.15, 0.2) is 0 Å². The first-order valence-electron chi connectivity index (χ1n) is 5.17. The first-order valence-corrected chi connectivity index (χ1v) is 6.83. The van der Waals surface area contributed by atoms with E-state index in [0.29, 0.717) is 0 Å². The second-order valence-electron chi connectivity index (χ2n) is 3.71. The molecule has 94 valence electrons. The molecular weight excluding hydrogens is 242 g/mol. The Morgan fingerprint density at radius 3 is 2.47 bits per heavy atom. The lowest BCUT2D eigenvalue weighted by molar-refractivity contribution is -0.136. The van der Waals surface area contributed by atoms with Crippen LogP contribution in [0, 0.1) is 0 Å². The molecule has 2 N–H and O–H groups in total. The number of sulfonamides is 1. The molecule has 0 aliphatic carbocycles. The molecule has 1 aromatic rings. The van der Waals surface area contributed by atoms with Crippen molar-refractivity contribution in [3.8, 4) is 0 Å². The van der Waals surface area contributed by atoms with E-state index in [-0.39, 0.29) is 6.04 Å². The van der Waals surface area contributed by atoms with E-state index in [4.69, 9.17) is 5.11 Å². The number of nitrogens with one attached hydrogen (secondary N) is 1. The molecule has 0 fully saturated rings. The molecule has 1 unspecified atom stereocenters. The van der Waals surface area contributed by atoms with Crippen LogP contribution in [-0.2, 0) is 14.8 Å². The summed E-state index contributed by atoms with van der Waals surface area (Å²) in [5.74, 6) is -1.53. The van der Waals surface area contributed by atoms with Crippen molar-refractivity contribution in [3.05, 3.63) is 35.9 Å². The van der Waals surface area contributed by atoms with E-state index in [1.807, 2.05) is 30.3 Å². The third-order valence-corrected chi connectivity index (χ3v) is 3.69. The van der Waals surface area contributed by atoms with Crippen LogP contribution in [0.25, 0.3) is 0 Å². The smallest absolute Gasteiger partial charge is 0.304 e. The molecule has 1 rings (SSSR count). The predicted molar refractivity (Wildman–Crippen MR) is 64.0 cm³/mol. The molecule has 0 aliphatic heterocycles. The minimum Gasteiger partial charge on any atom is -0.481 e. The summed E-state index contributed by atoms with van der Waals surface area (Å²) in [5, 5.41) is 8.44. The standard InChI is InChI=1S/C11H15NO4S/c1-9(10-5-3-2-4-6-10)12-17(15,16)8-7-11(13)14/h2-6,9,12H,7-8H2,1H3,(H,13,14). The van der Waals surface area contributed by atoms with E-state index < -0.39 is 28.2 Å². The minimum atomic E-state index is -3.55. The van der Waals surface area contributed by atoms with Crippen molar-refractivity contribution < 1.29 is 18.3 Å². The van der Waals surface area contributed by atoms with Gasteiger partial charge in [-0.2, -0.15) is 0 Å². The fraction of sp³-hybridized carbons (Fsp3) is 0.364. The third-order valence-electron chi connectivity index (χ3n) is 2.24. The second kappa shape index (κ2) is 5.79. The molecule has 0 aromatic heterocycles. The number of hydrogen-bond acceptors (Lipinski definition) is 3. The van der Waals surface area contributed by atoms with Crippen molar-refractivity contribution in [1.82, 2.24) is 4.72 Å². The van der Waals surface area contributed by atoms with Gasteiger partial charge in [0, 0.05) is 6.04 Å². The topological polar surface area (TPSA) is 83.5 Å². The van der Waals surface area contributed by atoms with Crippen LogP contribution in [0.4, 0.5) is 0 Å². The Labute approximate surface area is 101 Å². The summed E-state index contributed by atoms with van der Waals surface area (Å²) < 4.78 is 25.5. The maximum Gasteiger partial charge on any atom is 0.304 e. The van der Waals surface area contributed by atoms with E-state index in [9.17, 15) is 13.2 Å². The van der Waals surface area contributed by atoms with Crippen LogP contribution >= 0.6 is 0 Å². The zero-order valence-electron chi connectivity index (χ0n) is 9.46. The lowest BCUT2D eigenvalue weighted by Gasteiger charge is -2.13. The van der Waals surface area contributed by atoms with E-state index in [2.05, 4.69) is 4.72 Å². The van der Waals surface area contributed by atoms with Crippen LogP contribution in [0.3, 0.4) is 0 Å². The summed E-state index contributed by atoms with van der Waals surface area (Å²) in [6, 6.07) is 8.73. The van der Waals surface area contributed by atoms with Crippen LogP contribution in [-0.4, -0.2) is 25.2 Å². The van der Waals surface area contributed by atoms with Gasteiger partial charge in [-0.15, -0.1) is 0 Å². The molecule has 0 saturated carbocycles. The summed E-state index contributed by atoms with van der Waals surface area (Å²) in [5.41, 5.74) is 0.839. The zero-order chi connectivity index (χ0) is 12.9. The fourth-order valence-electron chi connectivity index (χ4n) is 1.36. The van der Waals surface area contributed by atoms with Gasteiger partial charge in [0.1, 0.15) is 0 Å². The van der Waals surface area contributed by atoms with Crippen LogP contribution < -0.4 is 4.72 Å². The van der Waals surface area contributed by atoms with Gasteiger partial charge in [0.05, 0.1) is 12.2 Å². The van der Waals surface area contributed by atoms with Crippen LogP contribution in [0.15, 0.2) is 30.3 Å². The highest BCUT2D eigenvalue weighted by atomic mass is 32.2. The predicted octanol–water partition coefficient (Wildman–Crippen LogP) is 1.14. The van der Waals surface area contributed by atoms with Gasteiger partial charge in [-0.05, 0) is 12.5 Å². The Kier molecular flexibility index (Phi) is 4.65. The lowest BCUT2D eigenvalue weighted by Crippen LogP contribution is -2.30. The normalized spacial score (nSPS) is 13.2. The maximum atomic E-state index is 11.5. The lowest BCUT2D eigenvalue weighted by atomic mass is 10.1. The Morgan fingerprint density at radius 1 is 1.35 bits per heavy atom. The molecule has 5 nitrogen and oxygen atoms in total. The molecule has 0 spiro atoms. The van der Waals surface area contributed by atoms with Crippen molar-refractivity contribution in [2.75, 3.05) is 5.75 Å². The van der Waals surface area contributed by atoms with E-state index in [1.165, 1.54) is 0 Å². The molecule has 0 saturated heterocycles. The highest BCUT2D eigenvalue weighted by Gasteiger charge is 2.16. The molecule has 1 aromatic carbocycles. The molecule has 0 radical (unpaired) electrons. The van der Waals surface area contributed by atoms with Gasteiger partial charge in [-0.1, -0.05) is 30.3 Å². The number of carboxylic acids is 1. The molecule has 0 bridgehead atoms. The van der Waals surface area contributed by atoms with Crippen molar-refractivity contribution in [2.24, 2.45) is 0 Å². The van der Waals surface area contributed by atoms with Gasteiger partial charge in [0.2, 0.25) is 10.0 Å². The Bertz CT molecular complexity index is 470. The number of rotatable bonds is 6. The quantitative estimate of drug-likeness (QED) is 0.800. The van der Waals surface area contributed by atoms with Crippen molar-refractivity contribution >= 4 is 16.0 Å².